The lowest BCUT2D eigenvalue weighted by Crippen LogP contribution is -2.18. The molecule has 2 fully saturated rings. The predicted molar refractivity (Wildman–Crippen MR) is 37.1 cm³/mol. The van der Waals surface area contributed by atoms with Gasteiger partial charge in [0, 0.05) is 0 Å². The van der Waals surface area contributed by atoms with Crippen molar-refractivity contribution in [3.63, 3.8) is 0 Å². The molecule has 0 heterocycles. The molecule has 0 bridgehead atoms. The van der Waals surface area contributed by atoms with Gasteiger partial charge in [0.05, 0.1) is 12.2 Å². The quantitative estimate of drug-likeness (QED) is 0.511. The van der Waals surface area contributed by atoms with Crippen LogP contribution < -0.4 is 0 Å². The summed E-state index contributed by atoms with van der Waals surface area (Å²) in [5.74, 6) is 0.741. The third-order valence-corrected chi connectivity index (χ3v) is 2.93. The standard InChI is InChI=1S/C8H13O2/c9-7-3-1-5-6(7)2-4-8(5)10/h3,5-10H,1-2,4H2. The Bertz CT molecular complexity index is 119. The normalized spacial score (nSPS) is 53.4. The number of hydrogen-bond acceptors (Lipinski definition) is 2. The van der Waals surface area contributed by atoms with Crippen LogP contribution in [0.25, 0.3) is 0 Å². The fraction of sp³-hybridized carbons (Fsp3) is 0.875. The zero-order valence-electron chi connectivity index (χ0n) is 5.90. The molecule has 2 rings (SSSR count). The van der Waals surface area contributed by atoms with Crippen molar-refractivity contribution in [1.82, 2.24) is 0 Å². The molecule has 0 amide bonds. The summed E-state index contributed by atoms with van der Waals surface area (Å²) in [6.07, 6.45) is 4.36. The Balaban J connectivity index is 2.09. The molecule has 0 saturated heterocycles. The summed E-state index contributed by atoms with van der Waals surface area (Å²) in [6, 6.07) is 0. The summed E-state index contributed by atoms with van der Waals surface area (Å²) in [5, 5.41) is 18.7. The fourth-order valence-corrected chi connectivity index (χ4v) is 2.30. The predicted octanol–water partition coefficient (Wildman–Crippen LogP) is 0.342. The maximum absolute atomic E-state index is 9.39. The smallest absolute Gasteiger partial charge is 0.0603 e. The fourth-order valence-electron chi connectivity index (χ4n) is 2.30. The Labute approximate surface area is 60.9 Å². The van der Waals surface area contributed by atoms with Crippen molar-refractivity contribution < 1.29 is 10.2 Å². The third-order valence-electron chi connectivity index (χ3n) is 2.93. The minimum Gasteiger partial charge on any atom is -0.393 e. The minimum absolute atomic E-state index is 0.140. The number of fused-ring (bicyclic) bond motifs is 1. The molecule has 0 aromatic carbocycles. The number of aliphatic hydroxyl groups excluding tert-OH is 2. The van der Waals surface area contributed by atoms with Gasteiger partial charge in [-0.1, -0.05) is 0 Å². The Morgan fingerprint density at radius 2 is 1.90 bits per heavy atom. The average molecular weight is 141 g/mol. The van der Waals surface area contributed by atoms with E-state index in [0.29, 0.717) is 11.8 Å². The van der Waals surface area contributed by atoms with Crippen LogP contribution in [0.5, 0.6) is 0 Å². The summed E-state index contributed by atoms with van der Waals surface area (Å²) in [4.78, 5) is 0. The van der Waals surface area contributed by atoms with Crippen LogP contribution in [0, 0.1) is 18.3 Å². The van der Waals surface area contributed by atoms with E-state index >= 15 is 0 Å². The molecule has 4 atom stereocenters. The molecule has 4 unspecified atom stereocenters. The lowest BCUT2D eigenvalue weighted by atomic mass is 9.98. The van der Waals surface area contributed by atoms with Crippen molar-refractivity contribution in [2.24, 2.45) is 11.8 Å². The lowest BCUT2D eigenvalue weighted by molar-refractivity contribution is 0.103. The van der Waals surface area contributed by atoms with Gasteiger partial charge in [0.15, 0.2) is 0 Å². The summed E-state index contributed by atoms with van der Waals surface area (Å²) >= 11 is 0. The molecule has 2 heteroatoms. The molecule has 0 aromatic heterocycles. The van der Waals surface area contributed by atoms with Crippen LogP contribution in [0.15, 0.2) is 0 Å². The van der Waals surface area contributed by atoms with Gasteiger partial charge in [-0.25, -0.2) is 0 Å². The molecule has 1 radical (unpaired) electrons. The van der Waals surface area contributed by atoms with Gasteiger partial charge in [-0.2, -0.15) is 0 Å². The molecule has 2 aliphatic rings. The van der Waals surface area contributed by atoms with E-state index in [0.717, 1.165) is 19.3 Å². The minimum atomic E-state index is -0.234. The summed E-state index contributed by atoms with van der Waals surface area (Å²) in [5.41, 5.74) is 0. The van der Waals surface area contributed by atoms with Gasteiger partial charge >= 0.3 is 0 Å². The van der Waals surface area contributed by atoms with Gasteiger partial charge in [-0.15, -0.1) is 0 Å². The van der Waals surface area contributed by atoms with Crippen LogP contribution in [0.3, 0.4) is 0 Å². The summed E-state index contributed by atoms with van der Waals surface area (Å²) in [7, 11) is 0. The van der Waals surface area contributed by atoms with Crippen molar-refractivity contribution in [1.29, 1.82) is 0 Å². The first-order valence-corrected chi connectivity index (χ1v) is 3.98. The average Bonchev–Trinajstić information content (AvgIpc) is 2.41. The van der Waals surface area contributed by atoms with E-state index < -0.39 is 0 Å². The zero-order valence-corrected chi connectivity index (χ0v) is 5.90. The highest BCUT2D eigenvalue weighted by Gasteiger charge is 2.43. The maximum atomic E-state index is 9.39. The maximum Gasteiger partial charge on any atom is 0.0603 e. The Kier molecular flexibility index (Phi) is 1.46. The van der Waals surface area contributed by atoms with Gasteiger partial charge in [-0.05, 0) is 37.5 Å². The van der Waals surface area contributed by atoms with Gasteiger partial charge in [0.1, 0.15) is 0 Å². The van der Waals surface area contributed by atoms with E-state index in [1.165, 1.54) is 0 Å². The molecular weight excluding hydrogens is 128 g/mol. The van der Waals surface area contributed by atoms with Crippen LogP contribution in [0.4, 0.5) is 0 Å². The largest absolute Gasteiger partial charge is 0.393 e. The van der Waals surface area contributed by atoms with Gasteiger partial charge in [0.2, 0.25) is 0 Å². The SMILES string of the molecule is OC1[CH]CC2C(O)CCC12. The second-order valence-electron chi connectivity index (χ2n) is 3.43. The van der Waals surface area contributed by atoms with Crippen molar-refractivity contribution in [2.45, 2.75) is 31.5 Å². The molecule has 0 aliphatic heterocycles. The molecule has 2 N–H and O–H groups in total. The van der Waals surface area contributed by atoms with Crippen molar-refractivity contribution in [2.75, 3.05) is 0 Å². The summed E-state index contributed by atoms with van der Waals surface area (Å²) < 4.78 is 0. The molecule has 2 aliphatic carbocycles. The molecule has 0 spiro atoms. The molecule has 57 valence electrons. The highest BCUT2D eigenvalue weighted by atomic mass is 16.3. The Morgan fingerprint density at radius 3 is 2.60 bits per heavy atom. The highest BCUT2D eigenvalue weighted by Crippen LogP contribution is 2.43. The van der Waals surface area contributed by atoms with E-state index in [9.17, 15) is 10.2 Å². The molecule has 10 heavy (non-hydrogen) atoms. The summed E-state index contributed by atoms with van der Waals surface area (Å²) in [6.45, 7) is 0. The van der Waals surface area contributed by atoms with E-state index in [2.05, 4.69) is 0 Å². The number of hydrogen-bond donors (Lipinski definition) is 2. The van der Waals surface area contributed by atoms with E-state index in [1.807, 2.05) is 6.42 Å². The molecule has 2 saturated carbocycles. The lowest BCUT2D eigenvalue weighted by Gasteiger charge is -2.13. The number of rotatable bonds is 0. The van der Waals surface area contributed by atoms with Gasteiger partial charge in [0.25, 0.3) is 0 Å². The first-order valence-electron chi connectivity index (χ1n) is 3.98. The first kappa shape index (κ1) is 6.62. The molecule has 2 nitrogen and oxygen atoms in total. The third kappa shape index (κ3) is 0.789. The van der Waals surface area contributed by atoms with E-state index in [-0.39, 0.29) is 12.2 Å². The van der Waals surface area contributed by atoms with Crippen molar-refractivity contribution >= 4 is 0 Å². The van der Waals surface area contributed by atoms with Crippen LogP contribution in [-0.2, 0) is 0 Å². The van der Waals surface area contributed by atoms with Crippen molar-refractivity contribution in [3.05, 3.63) is 6.42 Å². The molecular formula is C8H13O2. The second kappa shape index (κ2) is 2.21. The van der Waals surface area contributed by atoms with E-state index in [4.69, 9.17) is 0 Å². The Morgan fingerprint density at radius 1 is 1.10 bits per heavy atom. The van der Waals surface area contributed by atoms with Gasteiger partial charge < -0.3 is 10.2 Å². The van der Waals surface area contributed by atoms with Crippen molar-refractivity contribution in [3.8, 4) is 0 Å². The molecule has 0 aromatic rings. The second-order valence-corrected chi connectivity index (χ2v) is 3.43. The zero-order chi connectivity index (χ0) is 7.14. The number of aliphatic hydroxyl groups is 2. The van der Waals surface area contributed by atoms with Crippen LogP contribution in [-0.4, -0.2) is 22.4 Å². The van der Waals surface area contributed by atoms with Gasteiger partial charge in [-0.3, -0.25) is 0 Å². The van der Waals surface area contributed by atoms with Crippen LogP contribution in [0.1, 0.15) is 19.3 Å². The van der Waals surface area contributed by atoms with Crippen LogP contribution in [0.2, 0.25) is 0 Å². The van der Waals surface area contributed by atoms with E-state index in [1.54, 1.807) is 0 Å². The topological polar surface area (TPSA) is 40.5 Å². The van der Waals surface area contributed by atoms with Crippen LogP contribution >= 0.6 is 0 Å². The Hall–Kier alpha value is -0.0800. The highest BCUT2D eigenvalue weighted by molar-refractivity contribution is 5.02. The first-order chi connectivity index (χ1) is 4.79. The monoisotopic (exact) mass is 141 g/mol.